The lowest BCUT2D eigenvalue weighted by Gasteiger charge is -2.10. The Kier molecular flexibility index (Phi) is 6.80. The standard InChI is InChI=1S/C24H22F3N5O2/c1-34-21-10-8-16(9-11-21)15-32-30-22(29-31-32)18-5-3-6-19(13-18)23(33)28-14-17-4-2-7-20(12-17)24(25,26)27/h2-13,31H,14-15H2,1H3,(H,28,33)(H,29,30)/p+1. The molecule has 4 N–H and O–H groups in total. The second kappa shape index (κ2) is 9.94. The van der Waals surface area contributed by atoms with Crippen molar-refractivity contribution in [1.29, 1.82) is 0 Å². The summed E-state index contributed by atoms with van der Waals surface area (Å²) in [5.74, 6) is 1.04. The third-order valence-electron chi connectivity index (χ3n) is 5.20. The van der Waals surface area contributed by atoms with Gasteiger partial charge >= 0.3 is 6.18 Å². The molecule has 10 heteroatoms. The van der Waals surface area contributed by atoms with E-state index >= 15 is 0 Å². The maximum absolute atomic E-state index is 12.9. The number of nitrogens with one attached hydrogen (secondary N) is 2. The second-order valence-corrected chi connectivity index (χ2v) is 7.63. The molecule has 0 radical (unpaired) electrons. The molecule has 0 aliphatic carbocycles. The summed E-state index contributed by atoms with van der Waals surface area (Å²) >= 11 is 0. The predicted molar refractivity (Wildman–Crippen MR) is 119 cm³/mol. The van der Waals surface area contributed by atoms with Crippen LogP contribution in [0.2, 0.25) is 0 Å². The first-order chi connectivity index (χ1) is 16.3. The number of halogens is 3. The molecule has 3 aromatic rings. The van der Waals surface area contributed by atoms with Crippen LogP contribution in [0.1, 0.15) is 32.6 Å². The monoisotopic (exact) mass is 470 g/mol. The van der Waals surface area contributed by atoms with Crippen LogP contribution in [0.4, 0.5) is 13.2 Å². The van der Waals surface area contributed by atoms with Gasteiger partial charge in [-0.25, -0.2) is 0 Å². The van der Waals surface area contributed by atoms with Gasteiger partial charge in [-0.05, 0) is 53.6 Å². The lowest BCUT2D eigenvalue weighted by Crippen LogP contribution is -2.95. The number of hydrazine groups is 1. The fraction of sp³-hybridized carbons (Fsp3) is 0.167. The van der Waals surface area contributed by atoms with Crippen molar-refractivity contribution in [2.75, 3.05) is 7.11 Å². The number of hydrogen-bond donors (Lipinski definition) is 3. The molecule has 34 heavy (non-hydrogen) atoms. The number of benzene rings is 3. The van der Waals surface area contributed by atoms with Gasteiger partial charge in [0.05, 0.1) is 24.8 Å². The molecule has 1 amide bonds. The number of amides is 1. The Morgan fingerprint density at radius 1 is 1.06 bits per heavy atom. The molecule has 0 saturated heterocycles. The molecule has 0 aromatic heterocycles. The number of quaternary nitrogens is 1. The molecule has 1 heterocycles. The molecule has 0 fully saturated rings. The predicted octanol–water partition coefficient (Wildman–Crippen LogP) is 2.80. The number of carbonyl (C=O) groups excluding carboxylic acids is 1. The molecule has 0 unspecified atom stereocenters. The highest BCUT2D eigenvalue weighted by Gasteiger charge is 2.30. The summed E-state index contributed by atoms with van der Waals surface area (Å²) in [6.07, 6.45) is -4.43. The van der Waals surface area contributed by atoms with Crippen LogP contribution in [0, 0.1) is 0 Å². The van der Waals surface area contributed by atoms with Gasteiger partial charge < -0.3 is 10.1 Å². The van der Waals surface area contributed by atoms with Crippen molar-refractivity contribution in [2.45, 2.75) is 19.3 Å². The molecule has 1 aliphatic rings. The first-order valence-electron chi connectivity index (χ1n) is 10.4. The number of methoxy groups -OCH3 is 1. The zero-order valence-corrected chi connectivity index (χ0v) is 18.3. The second-order valence-electron chi connectivity index (χ2n) is 7.63. The van der Waals surface area contributed by atoms with E-state index in [9.17, 15) is 18.0 Å². The van der Waals surface area contributed by atoms with E-state index in [1.54, 1.807) is 35.9 Å². The Balaban J connectivity index is 1.39. The van der Waals surface area contributed by atoms with Crippen LogP contribution in [0.25, 0.3) is 0 Å². The van der Waals surface area contributed by atoms with E-state index in [2.05, 4.69) is 16.0 Å². The Labute approximate surface area is 194 Å². The van der Waals surface area contributed by atoms with E-state index in [-0.39, 0.29) is 12.5 Å². The molecule has 0 bridgehead atoms. The van der Waals surface area contributed by atoms with Gasteiger partial charge in [0.15, 0.2) is 0 Å². The van der Waals surface area contributed by atoms with Gasteiger partial charge in [-0.2, -0.15) is 23.7 Å². The average molecular weight is 470 g/mol. The van der Waals surface area contributed by atoms with Crippen molar-refractivity contribution in [1.82, 2.24) is 16.0 Å². The fourth-order valence-electron chi connectivity index (χ4n) is 3.41. The Bertz CT molecular complexity index is 1200. The number of nitrogens with two attached hydrogens (primary N) is 1. The third-order valence-corrected chi connectivity index (χ3v) is 5.20. The minimum Gasteiger partial charge on any atom is -0.497 e. The molecule has 0 atom stereocenters. The summed E-state index contributed by atoms with van der Waals surface area (Å²) in [6, 6.07) is 19.4. The van der Waals surface area contributed by atoms with Crippen molar-refractivity contribution in [3.05, 3.63) is 101 Å². The zero-order chi connectivity index (χ0) is 24.1. The van der Waals surface area contributed by atoms with Crippen LogP contribution in [-0.2, 0) is 19.3 Å². The number of nitrogens with zero attached hydrogens (tertiary/aromatic N) is 2. The summed E-state index contributed by atoms with van der Waals surface area (Å²) < 4.78 is 43.8. The summed E-state index contributed by atoms with van der Waals surface area (Å²) in [7, 11) is 1.61. The van der Waals surface area contributed by atoms with Crippen LogP contribution in [-0.4, -0.2) is 24.0 Å². The van der Waals surface area contributed by atoms with Crippen molar-refractivity contribution in [3.8, 4) is 5.75 Å². The summed E-state index contributed by atoms with van der Waals surface area (Å²) in [5, 5.41) is 8.88. The number of hydrazone groups is 1. The molecular formula is C24H23F3N5O2+. The van der Waals surface area contributed by atoms with Crippen LogP contribution >= 0.6 is 0 Å². The molecule has 0 saturated carbocycles. The van der Waals surface area contributed by atoms with E-state index in [0.29, 0.717) is 23.5 Å². The summed E-state index contributed by atoms with van der Waals surface area (Å²) in [5.41, 5.74) is 6.59. The SMILES string of the molecule is COc1ccc(CN2N=C(c3cccc(C(=O)NCc4cccc(C(F)(F)F)c4)c3)[NH2+]N2)cc1. The number of carbonyl (C=O) groups is 1. The van der Waals surface area contributed by atoms with Gasteiger partial charge in [0.25, 0.3) is 11.7 Å². The van der Waals surface area contributed by atoms with Crippen LogP contribution < -0.4 is 21.0 Å². The Hall–Kier alpha value is -3.89. The van der Waals surface area contributed by atoms with Gasteiger partial charge in [0.1, 0.15) is 5.75 Å². The number of alkyl halides is 3. The smallest absolute Gasteiger partial charge is 0.416 e. The average Bonchev–Trinajstić information content (AvgIpc) is 3.31. The normalized spacial score (nSPS) is 13.5. The fourth-order valence-corrected chi connectivity index (χ4v) is 3.41. The highest BCUT2D eigenvalue weighted by molar-refractivity contribution is 5.98. The van der Waals surface area contributed by atoms with Crippen molar-refractivity contribution < 1.29 is 28.1 Å². The van der Waals surface area contributed by atoms with Gasteiger partial charge in [-0.15, -0.1) is 0 Å². The van der Waals surface area contributed by atoms with Gasteiger partial charge in [0.2, 0.25) is 0 Å². The lowest BCUT2D eigenvalue weighted by atomic mass is 10.1. The zero-order valence-electron chi connectivity index (χ0n) is 18.3. The Morgan fingerprint density at radius 2 is 1.82 bits per heavy atom. The van der Waals surface area contributed by atoms with Gasteiger partial charge in [-0.1, -0.05) is 41.0 Å². The molecule has 4 rings (SSSR count). The topological polar surface area (TPSA) is 82.6 Å². The third kappa shape index (κ3) is 5.72. The van der Waals surface area contributed by atoms with E-state index in [1.807, 2.05) is 30.3 Å². The van der Waals surface area contributed by atoms with Crippen molar-refractivity contribution in [3.63, 3.8) is 0 Å². The minimum atomic E-state index is -4.43. The van der Waals surface area contributed by atoms with E-state index < -0.39 is 11.7 Å². The number of ether oxygens (including phenoxy) is 1. The van der Waals surface area contributed by atoms with Crippen molar-refractivity contribution in [2.24, 2.45) is 5.10 Å². The Morgan fingerprint density at radius 3 is 2.56 bits per heavy atom. The first kappa shape index (κ1) is 23.3. The molecular weight excluding hydrogens is 447 g/mol. The number of amidine groups is 1. The van der Waals surface area contributed by atoms with Crippen LogP contribution in [0.15, 0.2) is 77.9 Å². The highest BCUT2D eigenvalue weighted by Crippen LogP contribution is 2.29. The maximum atomic E-state index is 12.9. The van der Waals surface area contributed by atoms with E-state index in [4.69, 9.17) is 4.74 Å². The lowest BCUT2D eigenvalue weighted by molar-refractivity contribution is -0.620. The molecule has 176 valence electrons. The largest absolute Gasteiger partial charge is 0.497 e. The summed E-state index contributed by atoms with van der Waals surface area (Å²) in [6.45, 7) is 0.512. The molecule has 3 aromatic carbocycles. The van der Waals surface area contributed by atoms with E-state index in [0.717, 1.165) is 29.0 Å². The number of hydrogen-bond acceptors (Lipinski definition) is 5. The summed E-state index contributed by atoms with van der Waals surface area (Å²) in [4.78, 5) is 12.6. The maximum Gasteiger partial charge on any atom is 0.416 e. The highest BCUT2D eigenvalue weighted by atomic mass is 19.4. The van der Waals surface area contributed by atoms with Gasteiger partial charge in [0, 0.05) is 12.1 Å². The van der Waals surface area contributed by atoms with Gasteiger partial charge in [-0.3, -0.25) is 4.79 Å². The first-order valence-corrected chi connectivity index (χ1v) is 10.4. The molecule has 0 spiro atoms. The minimum absolute atomic E-state index is 0.0166. The van der Waals surface area contributed by atoms with Crippen molar-refractivity contribution >= 4 is 11.7 Å². The molecule has 7 nitrogen and oxygen atoms in total. The van der Waals surface area contributed by atoms with Crippen LogP contribution in [0.5, 0.6) is 5.75 Å². The van der Waals surface area contributed by atoms with Crippen LogP contribution in [0.3, 0.4) is 0 Å². The number of rotatable bonds is 7. The molecule has 1 aliphatic heterocycles. The quantitative estimate of drug-likeness (QED) is 0.464. The van der Waals surface area contributed by atoms with E-state index in [1.165, 1.54) is 12.1 Å².